The normalized spacial score (nSPS) is 14.5. The first-order valence-corrected chi connectivity index (χ1v) is 5.90. The van der Waals surface area contributed by atoms with Crippen LogP contribution in [-0.4, -0.2) is 19.9 Å². The molecule has 2 heterocycles. The lowest BCUT2D eigenvalue weighted by molar-refractivity contribution is 0.0870. The van der Waals surface area contributed by atoms with E-state index in [-0.39, 0.29) is 0 Å². The average molecular weight is 270 g/mol. The van der Waals surface area contributed by atoms with Crippen molar-refractivity contribution in [3.63, 3.8) is 0 Å². The first-order valence-electron chi connectivity index (χ1n) is 5.53. The highest BCUT2D eigenvalue weighted by molar-refractivity contribution is 6.31. The molecule has 0 fully saturated rings. The Morgan fingerprint density at radius 2 is 2.17 bits per heavy atom. The summed E-state index contributed by atoms with van der Waals surface area (Å²) in [5.41, 5.74) is -0.649. The second kappa shape index (κ2) is 4.66. The van der Waals surface area contributed by atoms with Gasteiger partial charge in [-0.2, -0.15) is 5.10 Å². The summed E-state index contributed by atoms with van der Waals surface area (Å²) >= 11 is 6.04. The number of hydrogen-bond donors (Lipinski definition) is 1. The molecule has 0 aliphatic heterocycles. The van der Waals surface area contributed by atoms with Gasteiger partial charge in [0.25, 0.3) is 0 Å². The molecule has 1 unspecified atom stereocenters. The zero-order valence-corrected chi connectivity index (χ0v) is 10.8. The molecule has 4 nitrogen and oxygen atoms in total. The molecule has 0 saturated heterocycles. The molecule has 0 saturated carbocycles. The maximum atomic E-state index is 12.9. The molecule has 2 aromatic rings. The lowest BCUT2D eigenvalue weighted by Crippen LogP contribution is -2.28. The molecule has 0 aliphatic carbocycles. The number of hydrogen-bond acceptors (Lipinski definition) is 3. The minimum atomic E-state index is -1.42. The molecule has 18 heavy (non-hydrogen) atoms. The zero-order valence-electron chi connectivity index (χ0n) is 10.1. The van der Waals surface area contributed by atoms with E-state index in [9.17, 15) is 9.50 Å². The van der Waals surface area contributed by atoms with Crippen LogP contribution in [0.15, 0.2) is 24.5 Å². The minimum absolute atomic E-state index is 0.320. The van der Waals surface area contributed by atoms with E-state index < -0.39 is 11.4 Å². The molecule has 1 N–H and O–H groups in total. The summed E-state index contributed by atoms with van der Waals surface area (Å²) in [5.74, 6) is -0.454. The van der Waals surface area contributed by atoms with Gasteiger partial charge in [0.2, 0.25) is 0 Å². The van der Waals surface area contributed by atoms with E-state index in [1.54, 1.807) is 11.6 Å². The summed E-state index contributed by atoms with van der Waals surface area (Å²) in [5, 5.41) is 15.0. The van der Waals surface area contributed by atoms with Gasteiger partial charge >= 0.3 is 0 Å². The van der Waals surface area contributed by atoms with Gasteiger partial charge in [0.1, 0.15) is 11.4 Å². The van der Waals surface area contributed by atoms with Gasteiger partial charge in [-0.3, -0.25) is 9.67 Å². The highest BCUT2D eigenvalue weighted by Gasteiger charge is 2.33. The predicted molar refractivity (Wildman–Crippen MR) is 65.8 cm³/mol. The second-order valence-electron chi connectivity index (χ2n) is 4.09. The molecule has 2 aromatic heterocycles. The van der Waals surface area contributed by atoms with Crippen molar-refractivity contribution < 1.29 is 9.50 Å². The molecule has 2 rings (SSSR count). The Bertz CT molecular complexity index is 551. The molecule has 1 atom stereocenters. The van der Waals surface area contributed by atoms with E-state index in [1.165, 1.54) is 18.3 Å². The quantitative estimate of drug-likeness (QED) is 0.931. The maximum absolute atomic E-state index is 12.9. The van der Waals surface area contributed by atoms with Crippen LogP contribution in [0.4, 0.5) is 4.39 Å². The van der Waals surface area contributed by atoms with Gasteiger partial charge in [0.05, 0.1) is 28.8 Å². The summed E-state index contributed by atoms with van der Waals surface area (Å²) in [4.78, 5) is 3.90. The molecular weight excluding hydrogens is 257 g/mol. The highest BCUT2D eigenvalue weighted by atomic mass is 35.5. The summed E-state index contributed by atoms with van der Waals surface area (Å²) in [6.45, 7) is 4.02. The maximum Gasteiger partial charge on any atom is 0.147 e. The molecule has 0 aliphatic rings. The monoisotopic (exact) mass is 269 g/mol. The Balaban J connectivity index is 2.53. The topological polar surface area (TPSA) is 50.9 Å². The average Bonchev–Trinajstić information content (AvgIpc) is 2.71. The van der Waals surface area contributed by atoms with Crippen LogP contribution in [0.3, 0.4) is 0 Å². The van der Waals surface area contributed by atoms with Gasteiger partial charge in [0, 0.05) is 6.54 Å². The van der Waals surface area contributed by atoms with Crippen molar-refractivity contribution in [2.75, 3.05) is 0 Å². The van der Waals surface area contributed by atoms with E-state index in [0.717, 1.165) is 6.20 Å². The van der Waals surface area contributed by atoms with Crippen molar-refractivity contribution in [2.24, 2.45) is 0 Å². The largest absolute Gasteiger partial charge is 0.377 e. The fraction of sp³-hybridized carbons (Fsp3) is 0.333. The first kappa shape index (κ1) is 13.0. The molecular formula is C12H13ClFN3O. The number of halogens is 2. The third-order valence-electron chi connectivity index (χ3n) is 2.78. The van der Waals surface area contributed by atoms with Crippen molar-refractivity contribution in [1.82, 2.24) is 14.8 Å². The number of rotatable bonds is 3. The van der Waals surface area contributed by atoms with Crippen LogP contribution >= 0.6 is 11.6 Å². The van der Waals surface area contributed by atoms with Crippen LogP contribution < -0.4 is 0 Å². The van der Waals surface area contributed by atoms with Gasteiger partial charge < -0.3 is 5.11 Å². The predicted octanol–water partition coefficient (Wildman–Crippen LogP) is 2.35. The number of nitrogens with zero attached hydrogens (tertiary/aromatic N) is 3. The standard InChI is InChI=1S/C12H13ClFN3O/c1-3-17-11(9(13)7-16-17)12(2,18)10-5-4-8(14)6-15-10/h4-7,18H,3H2,1-2H3. The summed E-state index contributed by atoms with van der Waals surface area (Å²) in [6.07, 6.45) is 2.53. The lowest BCUT2D eigenvalue weighted by atomic mass is 9.97. The molecule has 6 heteroatoms. The Hall–Kier alpha value is -1.46. The number of aliphatic hydroxyl groups is 1. The van der Waals surface area contributed by atoms with E-state index in [4.69, 9.17) is 11.6 Å². The first-order chi connectivity index (χ1) is 8.46. The molecule has 0 radical (unpaired) electrons. The summed E-state index contributed by atoms with van der Waals surface area (Å²) in [7, 11) is 0. The summed E-state index contributed by atoms with van der Waals surface area (Å²) in [6, 6.07) is 2.68. The second-order valence-corrected chi connectivity index (χ2v) is 4.50. The van der Waals surface area contributed by atoms with Crippen LogP contribution in [0.25, 0.3) is 0 Å². The van der Waals surface area contributed by atoms with Gasteiger partial charge in [-0.25, -0.2) is 4.39 Å². The van der Waals surface area contributed by atoms with E-state index in [0.29, 0.717) is 23.0 Å². The fourth-order valence-corrected chi connectivity index (χ4v) is 2.20. The number of aromatic nitrogens is 3. The van der Waals surface area contributed by atoms with Gasteiger partial charge in [0.15, 0.2) is 0 Å². The van der Waals surface area contributed by atoms with Crippen LogP contribution in [0.5, 0.6) is 0 Å². The fourth-order valence-electron chi connectivity index (χ4n) is 1.87. The molecule has 0 aromatic carbocycles. The molecule has 96 valence electrons. The van der Waals surface area contributed by atoms with Crippen molar-refractivity contribution in [2.45, 2.75) is 26.0 Å². The van der Waals surface area contributed by atoms with Gasteiger partial charge in [-0.1, -0.05) is 11.6 Å². The van der Waals surface area contributed by atoms with Gasteiger partial charge in [-0.15, -0.1) is 0 Å². The van der Waals surface area contributed by atoms with Crippen LogP contribution in [-0.2, 0) is 12.1 Å². The highest BCUT2D eigenvalue weighted by Crippen LogP contribution is 2.32. The van der Waals surface area contributed by atoms with Crippen molar-refractivity contribution in [3.8, 4) is 0 Å². The van der Waals surface area contributed by atoms with Gasteiger partial charge in [-0.05, 0) is 26.0 Å². The molecule has 0 amide bonds. The Labute approximate surface area is 109 Å². The van der Waals surface area contributed by atoms with Crippen LogP contribution in [0.1, 0.15) is 25.2 Å². The zero-order chi connectivity index (χ0) is 13.3. The minimum Gasteiger partial charge on any atom is -0.377 e. The Morgan fingerprint density at radius 3 is 2.72 bits per heavy atom. The van der Waals surface area contributed by atoms with E-state index >= 15 is 0 Å². The van der Waals surface area contributed by atoms with Crippen LogP contribution in [0, 0.1) is 5.82 Å². The lowest BCUT2D eigenvalue weighted by Gasteiger charge is -2.24. The number of aryl methyl sites for hydroxylation is 1. The molecule has 0 bridgehead atoms. The summed E-state index contributed by atoms with van der Waals surface area (Å²) < 4.78 is 14.4. The third-order valence-corrected chi connectivity index (χ3v) is 3.06. The number of pyridine rings is 1. The van der Waals surface area contributed by atoms with E-state index in [1.807, 2.05) is 6.92 Å². The Kier molecular flexibility index (Phi) is 3.36. The molecule has 0 spiro atoms. The van der Waals surface area contributed by atoms with E-state index in [2.05, 4.69) is 10.1 Å². The van der Waals surface area contributed by atoms with Crippen LogP contribution in [0.2, 0.25) is 5.02 Å². The smallest absolute Gasteiger partial charge is 0.147 e. The van der Waals surface area contributed by atoms with Crippen molar-refractivity contribution in [3.05, 3.63) is 46.8 Å². The Morgan fingerprint density at radius 1 is 1.44 bits per heavy atom. The van der Waals surface area contributed by atoms with Crippen molar-refractivity contribution in [1.29, 1.82) is 0 Å². The SMILES string of the molecule is CCn1ncc(Cl)c1C(C)(O)c1ccc(F)cn1. The van der Waals surface area contributed by atoms with Crippen molar-refractivity contribution >= 4 is 11.6 Å². The third kappa shape index (κ3) is 2.11.